The number of methoxy groups -OCH3 is 1. The molecule has 19 heavy (non-hydrogen) atoms. The van der Waals surface area contributed by atoms with Gasteiger partial charge in [-0.15, -0.1) is 0 Å². The van der Waals surface area contributed by atoms with Crippen LogP contribution >= 0.6 is 0 Å². The second-order valence-corrected chi connectivity index (χ2v) is 5.79. The molecule has 0 spiro atoms. The highest BCUT2D eigenvalue weighted by atomic mass is 16.5. The molecule has 3 rings (SSSR count). The number of ether oxygens (including phenoxy) is 1. The molecule has 1 aromatic rings. The van der Waals surface area contributed by atoms with Gasteiger partial charge in [-0.25, -0.2) is 0 Å². The van der Waals surface area contributed by atoms with Gasteiger partial charge in [0, 0.05) is 31.8 Å². The molecule has 2 atom stereocenters. The zero-order chi connectivity index (χ0) is 13.2. The van der Waals surface area contributed by atoms with Crippen LogP contribution in [0.2, 0.25) is 0 Å². The highest BCUT2D eigenvalue weighted by molar-refractivity contribution is 5.33. The molecule has 0 radical (unpaired) electrons. The highest BCUT2D eigenvalue weighted by Crippen LogP contribution is 2.37. The Labute approximate surface area is 115 Å². The van der Waals surface area contributed by atoms with Gasteiger partial charge in [0.1, 0.15) is 0 Å². The van der Waals surface area contributed by atoms with E-state index in [4.69, 9.17) is 10.5 Å². The van der Waals surface area contributed by atoms with Gasteiger partial charge in [0.15, 0.2) is 0 Å². The van der Waals surface area contributed by atoms with Crippen molar-refractivity contribution in [3.63, 3.8) is 0 Å². The van der Waals surface area contributed by atoms with Crippen LogP contribution in [0.15, 0.2) is 24.3 Å². The molecule has 2 N–H and O–H groups in total. The summed E-state index contributed by atoms with van der Waals surface area (Å²) in [5.41, 5.74) is 9.33. The predicted molar refractivity (Wildman–Crippen MR) is 77.1 cm³/mol. The summed E-state index contributed by atoms with van der Waals surface area (Å²) >= 11 is 0. The van der Waals surface area contributed by atoms with Crippen LogP contribution in [0.5, 0.6) is 0 Å². The highest BCUT2D eigenvalue weighted by Gasteiger charge is 2.38. The lowest BCUT2D eigenvalue weighted by molar-refractivity contribution is 0.0946. The van der Waals surface area contributed by atoms with E-state index in [2.05, 4.69) is 29.2 Å². The first-order chi connectivity index (χ1) is 9.31. The minimum atomic E-state index is 0.155. The summed E-state index contributed by atoms with van der Waals surface area (Å²) < 4.78 is 5.26. The van der Waals surface area contributed by atoms with E-state index in [1.807, 2.05) is 0 Å². The molecule has 1 aromatic carbocycles. The second kappa shape index (κ2) is 5.61. The molecule has 0 bridgehead atoms. The molecule has 3 heteroatoms. The third-order valence-electron chi connectivity index (χ3n) is 4.53. The molecule has 0 aromatic heterocycles. The van der Waals surface area contributed by atoms with Crippen LogP contribution < -0.4 is 5.73 Å². The Kier molecular flexibility index (Phi) is 3.87. The van der Waals surface area contributed by atoms with Crippen molar-refractivity contribution in [1.29, 1.82) is 0 Å². The summed E-state index contributed by atoms with van der Waals surface area (Å²) in [6, 6.07) is 10.0. The second-order valence-electron chi connectivity index (χ2n) is 5.79. The molecule has 104 valence electrons. The molecule has 1 fully saturated rings. The molecule has 0 aliphatic heterocycles. The standard InChI is InChI=1S/C16H24N2O/c1-19-11-10-18(13-7-8-13)15-9-6-12-4-2-3-5-14(12)16(15)17/h2-5,13,15-16H,6-11,17H2,1H3. The van der Waals surface area contributed by atoms with Crippen LogP contribution in [0.1, 0.15) is 36.4 Å². The van der Waals surface area contributed by atoms with Crippen LogP contribution in [-0.4, -0.2) is 37.2 Å². The summed E-state index contributed by atoms with van der Waals surface area (Å²) in [7, 11) is 1.78. The first-order valence-corrected chi connectivity index (χ1v) is 7.39. The molecule has 2 aliphatic carbocycles. The zero-order valence-electron chi connectivity index (χ0n) is 11.7. The summed E-state index contributed by atoms with van der Waals surface area (Å²) in [4.78, 5) is 2.60. The van der Waals surface area contributed by atoms with Crippen molar-refractivity contribution in [3.05, 3.63) is 35.4 Å². The topological polar surface area (TPSA) is 38.5 Å². The Hall–Kier alpha value is -0.900. The fourth-order valence-corrected chi connectivity index (χ4v) is 3.37. The SMILES string of the molecule is COCCN(C1CC1)C1CCc2ccccc2C1N. The van der Waals surface area contributed by atoms with Gasteiger partial charge in [-0.3, -0.25) is 4.90 Å². The summed E-state index contributed by atoms with van der Waals surface area (Å²) in [5, 5.41) is 0. The number of nitrogens with zero attached hydrogens (tertiary/aromatic N) is 1. The largest absolute Gasteiger partial charge is 0.383 e. The van der Waals surface area contributed by atoms with Crippen molar-refractivity contribution in [2.24, 2.45) is 5.73 Å². The van der Waals surface area contributed by atoms with Crippen molar-refractivity contribution in [2.75, 3.05) is 20.3 Å². The lowest BCUT2D eigenvalue weighted by Gasteiger charge is -2.39. The van der Waals surface area contributed by atoms with Crippen molar-refractivity contribution >= 4 is 0 Å². The fraction of sp³-hybridized carbons (Fsp3) is 0.625. The van der Waals surface area contributed by atoms with Gasteiger partial charge in [0.25, 0.3) is 0 Å². The van der Waals surface area contributed by atoms with Crippen molar-refractivity contribution in [3.8, 4) is 0 Å². The van der Waals surface area contributed by atoms with Crippen LogP contribution in [0.25, 0.3) is 0 Å². The molecular formula is C16H24N2O. The maximum absolute atomic E-state index is 6.55. The third kappa shape index (κ3) is 2.69. The van der Waals surface area contributed by atoms with E-state index in [1.165, 1.54) is 30.4 Å². The maximum Gasteiger partial charge on any atom is 0.0589 e. The minimum absolute atomic E-state index is 0.155. The zero-order valence-corrected chi connectivity index (χ0v) is 11.7. The van der Waals surface area contributed by atoms with E-state index in [0.717, 1.165) is 25.6 Å². The molecule has 2 aliphatic rings. The van der Waals surface area contributed by atoms with Gasteiger partial charge in [0.05, 0.1) is 6.61 Å². The van der Waals surface area contributed by atoms with Crippen LogP contribution in [0.4, 0.5) is 0 Å². The average Bonchev–Trinajstić information content (AvgIpc) is 3.26. The normalized spacial score (nSPS) is 26.5. The number of benzene rings is 1. The first-order valence-electron chi connectivity index (χ1n) is 7.39. The molecule has 0 amide bonds. The van der Waals surface area contributed by atoms with Gasteiger partial charge in [-0.1, -0.05) is 24.3 Å². The van der Waals surface area contributed by atoms with Gasteiger partial charge in [0.2, 0.25) is 0 Å². The first kappa shape index (κ1) is 13.1. The maximum atomic E-state index is 6.55. The van der Waals surface area contributed by atoms with E-state index >= 15 is 0 Å². The number of rotatable bonds is 5. The minimum Gasteiger partial charge on any atom is -0.383 e. The molecular weight excluding hydrogens is 236 g/mol. The summed E-state index contributed by atoms with van der Waals surface area (Å²) in [6.45, 7) is 1.82. The van der Waals surface area contributed by atoms with E-state index < -0.39 is 0 Å². The Bertz CT molecular complexity index is 431. The predicted octanol–water partition coefficient (Wildman–Crippen LogP) is 2.11. The fourth-order valence-electron chi connectivity index (χ4n) is 3.37. The lowest BCUT2D eigenvalue weighted by Crippen LogP contribution is -2.47. The van der Waals surface area contributed by atoms with Crippen molar-refractivity contribution in [2.45, 2.75) is 43.8 Å². The quantitative estimate of drug-likeness (QED) is 0.881. The number of hydrogen-bond acceptors (Lipinski definition) is 3. The van der Waals surface area contributed by atoms with Gasteiger partial charge in [-0.2, -0.15) is 0 Å². The number of nitrogens with two attached hydrogens (primary N) is 1. The van der Waals surface area contributed by atoms with E-state index in [-0.39, 0.29) is 6.04 Å². The third-order valence-corrected chi connectivity index (χ3v) is 4.53. The Morgan fingerprint density at radius 1 is 1.26 bits per heavy atom. The van der Waals surface area contributed by atoms with Crippen molar-refractivity contribution < 1.29 is 4.74 Å². The monoisotopic (exact) mass is 260 g/mol. The van der Waals surface area contributed by atoms with Crippen LogP contribution in [-0.2, 0) is 11.2 Å². The van der Waals surface area contributed by atoms with Gasteiger partial charge in [-0.05, 0) is 36.8 Å². The molecule has 1 saturated carbocycles. The number of aryl methyl sites for hydroxylation is 1. The van der Waals surface area contributed by atoms with Gasteiger partial charge < -0.3 is 10.5 Å². The average molecular weight is 260 g/mol. The Morgan fingerprint density at radius 3 is 2.79 bits per heavy atom. The van der Waals surface area contributed by atoms with E-state index in [0.29, 0.717) is 6.04 Å². The molecule has 0 saturated heterocycles. The van der Waals surface area contributed by atoms with Crippen LogP contribution in [0, 0.1) is 0 Å². The Morgan fingerprint density at radius 2 is 2.05 bits per heavy atom. The molecule has 0 heterocycles. The number of hydrogen-bond donors (Lipinski definition) is 1. The summed E-state index contributed by atoms with van der Waals surface area (Å²) in [6.07, 6.45) is 4.99. The van der Waals surface area contributed by atoms with Crippen LogP contribution in [0.3, 0.4) is 0 Å². The van der Waals surface area contributed by atoms with Gasteiger partial charge >= 0.3 is 0 Å². The molecule has 2 unspecified atom stereocenters. The van der Waals surface area contributed by atoms with E-state index in [9.17, 15) is 0 Å². The summed E-state index contributed by atoms with van der Waals surface area (Å²) in [5.74, 6) is 0. The van der Waals surface area contributed by atoms with E-state index in [1.54, 1.807) is 7.11 Å². The van der Waals surface area contributed by atoms with Crippen molar-refractivity contribution in [1.82, 2.24) is 4.90 Å². The number of fused-ring (bicyclic) bond motifs is 1. The lowest BCUT2D eigenvalue weighted by atomic mass is 9.83. The smallest absolute Gasteiger partial charge is 0.0589 e. The Balaban J connectivity index is 1.77. The molecule has 3 nitrogen and oxygen atoms in total.